The first-order chi connectivity index (χ1) is 20.4. The maximum atomic E-state index is 14.0. The fraction of sp³-hybridized carbons (Fsp3) is 0.147. The van der Waals surface area contributed by atoms with Crippen LogP contribution >= 0.6 is 22.9 Å². The highest BCUT2D eigenvalue weighted by Gasteiger charge is 2.34. The van der Waals surface area contributed by atoms with Crippen molar-refractivity contribution in [3.8, 4) is 5.75 Å². The summed E-state index contributed by atoms with van der Waals surface area (Å²) in [6, 6.07) is 28.3. The Kier molecular flexibility index (Phi) is 7.78. The summed E-state index contributed by atoms with van der Waals surface area (Å²) in [6.07, 6.45) is 1.84. The molecule has 210 valence electrons. The molecule has 4 aromatic carbocycles. The number of rotatable bonds is 7. The fourth-order valence-corrected chi connectivity index (χ4v) is 6.40. The molecule has 6 rings (SSSR count). The normalized spacial score (nSPS) is 14.9. The minimum Gasteiger partial charge on any atom is -0.489 e. The fourth-order valence-electron chi connectivity index (χ4n) is 5.16. The molecule has 0 N–H and O–H groups in total. The van der Waals surface area contributed by atoms with Gasteiger partial charge in [-0.15, -0.1) is 0 Å². The first-order valence-corrected chi connectivity index (χ1v) is 14.8. The Bertz CT molecular complexity index is 2020. The van der Waals surface area contributed by atoms with E-state index in [0.29, 0.717) is 38.0 Å². The second-order valence-electron chi connectivity index (χ2n) is 9.82. The zero-order valence-corrected chi connectivity index (χ0v) is 24.6. The maximum Gasteiger partial charge on any atom is 0.338 e. The number of thiazole rings is 1. The lowest BCUT2D eigenvalue weighted by Crippen LogP contribution is -2.40. The second-order valence-corrected chi connectivity index (χ2v) is 11.2. The third-order valence-electron chi connectivity index (χ3n) is 7.17. The summed E-state index contributed by atoms with van der Waals surface area (Å²) < 4.78 is 13.5. The molecule has 1 atom stereocenters. The molecule has 0 radical (unpaired) electrons. The summed E-state index contributed by atoms with van der Waals surface area (Å²) >= 11 is 7.54. The summed E-state index contributed by atoms with van der Waals surface area (Å²) in [7, 11) is 0. The van der Waals surface area contributed by atoms with E-state index in [9.17, 15) is 9.59 Å². The molecule has 5 aromatic rings. The zero-order valence-electron chi connectivity index (χ0n) is 23.0. The van der Waals surface area contributed by atoms with Crippen LogP contribution in [0.15, 0.2) is 112 Å². The number of hydrogen-bond acceptors (Lipinski definition) is 6. The van der Waals surface area contributed by atoms with E-state index in [4.69, 9.17) is 26.1 Å². The Hall–Kier alpha value is -4.46. The Morgan fingerprint density at radius 1 is 1.00 bits per heavy atom. The van der Waals surface area contributed by atoms with Crippen LogP contribution in [-0.2, 0) is 16.1 Å². The van der Waals surface area contributed by atoms with Crippen LogP contribution in [0.5, 0.6) is 5.75 Å². The number of allylic oxidation sites excluding steroid dienone is 1. The standard InChI is InChI=1S/C34H27ClN2O4S/c1-3-40-33(39)30-21(2)36-34-37(31(30)27-13-8-11-23-9-4-6-12-26(23)27)32(38)29(42-34)19-22-15-17-25(18-16-22)41-20-24-10-5-7-14-28(24)35/h4-19,31H,3,20H2,1-2H3/b29-19+/t31-/m0/s1. The molecule has 6 nitrogen and oxygen atoms in total. The van der Waals surface area contributed by atoms with Crippen LogP contribution in [0.2, 0.25) is 5.02 Å². The molecular formula is C34H27ClN2O4S. The molecule has 1 aliphatic rings. The van der Waals surface area contributed by atoms with E-state index in [2.05, 4.69) is 0 Å². The number of carbonyl (C=O) groups excluding carboxylic acids is 1. The lowest BCUT2D eigenvalue weighted by Gasteiger charge is -2.25. The van der Waals surface area contributed by atoms with Crippen molar-refractivity contribution in [2.75, 3.05) is 6.61 Å². The van der Waals surface area contributed by atoms with E-state index in [1.807, 2.05) is 97.1 Å². The molecule has 0 saturated heterocycles. The van der Waals surface area contributed by atoms with Gasteiger partial charge in [-0.1, -0.05) is 95.7 Å². The highest BCUT2D eigenvalue weighted by molar-refractivity contribution is 7.07. The van der Waals surface area contributed by atoms with Crippen LogP contribution in [0, 0.1) is 0 Å². The van der Waals surface area contributed by atoms with Gasteiger partial charge in [-0.25, -0.2) is 9.79 Å². The van der Waals surface area contributed by atoms with Crippen molar-refractivity contribution < 1.29 is 14.3 Å². The van der Waals surface area contributed by atoms with Crippen LogP contribution in [-0.4, -0.2) is 17.1 Å². The third-order valence-corrected chi connectivity index (χ3v) is 8.52. The van der Waals surface area contributed by atoms with E-state index in [1.165, 1.54) is 11.3 Å². The van der Waals surface area contributed by atoms with Gasteiger partial charge in [0.25, 0.3) is 5.56 Å². The van der Waals surface area contributed by atoms with E-state index >= 15 is 0 Å². The Labute approximate surface area is 251 Å². The quantitative estimate of drug-likeness (QED) is 0.211. The highest BCUT2D eigenvalue weighted by atomic mass is 35.5. The molecule has 0 bridgehead atoms. The van der Waals surface area contributed by atoms with Gasteiger partial charge in [-0.2, -0.15) is 0 Å². The van der Waals surface area contributed by atoms with Gasteiger partial charge in [0.15, 0.2) is 4.80 Å². The van der Waals surface area contributed by atoms with Crippen LogP contribution in [0.25, 0.3) is 16.8 Å². The predicted molar refractivity (Wildman–Crippen MR) is 167 cm³/mol. The second kappa shape index (κ2) is 11.8. The first kappa shape index (κ1) is 27.7. The molecule has 1 aliphatic heterocycles. The number of hydrogen-bond donors (Lipinski definition) is 0. The lowest BCUT2D eigenvalue weighted by molar-refractivity contribution is -0.139. The third kappa shape index (κ3) is 5.29. The van der Waals surface area contributed by atoms with Gasteiger partial charge in [0.05, 0.1) is 28.5 Å². The van der Waals surface area contributed by atoms with E-state index in [1.54, 1.807) is 18.4 Å². The van der Waals surface area contributed by atoms with Crippen LogP contribution in [0.4, 0.5) is 0 Å². The molecule has 0 aliphatic carbocycles. The lowest BCUT2D eigenvalue weighted by atomic mass is 9.91. The van der Waals surface area contributed by atoms with Crippen LogP contribution < -0.4 is 19.6 Å². The summed E-state index contributed by atoms with van der Waals surface area (Å²) in [6.45, 7) is 4.14. The Morgan fingerprint density at radius 3 is 2.52 bits per heavy atom. The molecule has 0 amide bonds. The molecule has 8 heteroatoms. The minimum atomic E-state index is -0.672. The largest absolute Gasteiger partial charge is 0.489 e. The molecule has 42 heavy (non-hydrogen) atoms. The Balaban J connectivity index is 1.40. The summed E-state index contributed by atoms with van der Waals surface area (Å²) in [5, 5.41) is 2.64. The van der Waals surface area contributed by atoms with Gasteiger partial charge in [0.1, 0.15) is 12.4 Å². The van der Waals surface area contributed by atoms with Crippen molar-refractivity contribution in [2.45, 2.75) is 26.5 Å². The zero-order chi connectivity index (χ0) is 29.2. The molecule has 2 heterocycles. The number of halogens is 1. The van der Waals surface area contributed by atoms with Gasteiger partial charge in [0, 0.05) is 10.6 Å². The summed E-state index contributed by atoms with van der Waals surface area (Å²) in [5.74, 6) is 0.220. The smallest absolute Gasteiger partial charge is 0.338 e. The number of esters is 1. The molecule has 1 aromatic heterocycles. The van der Waals surface area contributed by atoms with E-state index in [0.717, 1.165) is 27.5 Å². The number of nitrogens with zero attached hydrogens (tertiary/aromatic N) is 2. The SMILES string of the molecule is CCOC(=O)C1=C(C)N=c2s/c(=C/c3ccc(OCc4ccccc4Cl)cc3)c(=O)n2[C@H]1c1cccc2ccccc12. The van der Waals surface area contributed by atoms with Crippen molar-refractivity contribution in [3.63, 3.8) is 0 Å². The molecule has 0 fully saturated rings. The topological polar surface area (TPSA) is 69.9 Å². The first-order valence-electron chi connectivity index (χ1n) is 13.6. The van der Waals surface area contributed by atoms with E-state index < -0.39 is 12.0 Å². The van der Waals surface area contributed by atoms with Gasteiger partial charge in [-0.05, 0) is 60.0 Å². The van der Waals surface area contributed by atoms with Crippen molar-refractivity contribution in [2.24, 2.45) is 4.99 Å². The number of fused-ring (bicyclic) bond motifs is 2. The van der Waals surface area contributed by atoms with Gasteiger partial charge >= 0.3 is 5.97 Å². The Morgan fingerprint density at radius 2 is 1.74 bits per heavy atom. The summed E-state index contributed by atoms with van der Waals surface area (Å²) in [4.78, 5) is 32.5. The number of aromatic nitrogens is 1. The minimum absolute atomic E-state index is 0.218. The van der Waals surface area contributed by atoms with Crippen molar-refractivity contribution in [3.05, 3.63) is 144 Å². The number of ether oxygens (including phenoxy) is 2. The van der Waals surface area contributed by atoms with Crippen molar-refractivity contribution in [1.29, 1.82) is 0 Å². The van der Waals surface area contributed by atoms with Crippen molar-refractivity contribution in [1.82, 2.24) is 4.57 Å². The molecule has 0 unspecified atom stereocenters. The molecule has 0 saturated carbocycles. The number of benzene rings is 4. The van der Waals surface area contributed by atoms with E-state index in [-0.39, 0.29) is 12.2 Å². The number of carbonyl (C=O) groups is 1. The predicted octanol–water partition coefficient (Wildman–Crippen LogP) is 6.18. The van der Waals surface area contributed by atoms with Gasteiger partial charge in [-0.3, -0.25) is 9.36 Å². The average molecular weight is 595 g/mol. The monoisotopic (exact) mass is 594 g/mol. The molecular weight excluding hydrogens is 568 g/mol. The average Bonchev–Trinajstić information content (AvgIpc) is 3.30. The maximum absolute atomic E-state index is 14.0. The van der Waals surface area contributed by atoms with Crippen molar-refractivity contribution >= 4 is 45.8 Å². The van der Waals surface area contributed by atoms with Gasteiger partial charge in [0.2, 0.25) is 0 Å². The summed E-state index contributed by atoms with van der Waals surface area (Å²) in [5.41, 5.74) is 3.28. The van der Waals surface area contributed by atoms with Crippen LogP contribution in [0.3, 0.4) is 0 Å². The van der Waals surface area contributed by atoms with Crippen LogP contribution in [0.1, 0.15) is 36.6 Å². The molecule has 0 spiro atoms. The highest BCUT2D eigenvalue weighted by Crippen LogP contribution is 2.34. The van der Waals surface area contributed by atoms with Gasteiger partial charge < -0.3 is 9.47 Å².